The third-order valence-corrected chi connectivity index (χ3v) is 2.84. The first kappa shape index (κ1) is 15.3. The average Bonchev–Trinajstić information content (AvgIpc) is 2.20. The largest absolute Gasteiger partial charge is 0.481 e. The number of carbonyl (C=O) groups is 3. The number of halogens is 3. The van der Waals surface area contributed by atoms with Crippen molar-refractivity contribution in [2.75, 3.05) is 13.1 Å². The van der Waals surface area contributed by atoms with Crippen molar-refractivity contribution in [1.29, 1.82) is 0 Å². The summed E-state index contributed by atoms with van der Waals surface area (Å²) in [6, 6.07) is 0. The molecule has 1 rings (SSSR count). The van der Waals surface area contributed by atoms with E-state index in [-0.39, 0.29) is 0 Å². The number of nitrogens with one attached hydrogen (secondary N) is 2. The van der Waals surface area contributed by atoms with Crippen LogP contribution in [0.25, 0.3) is 0 Å². The first-order valence-electron chi connectivity index (χ1n) is 5.54. The molecular formula is C10H13F3N2O4. The van der Waals surface area contributed by atoms with Crippen LogP contribution in [0.1, 0.15) is 12.8 Å². The molecule has 2 amide bonds. The number of carbonyl (C=O) groups excluding carboxylic acids is 2. The van der Waals surface area contributed by atoms with Gasteiger partial charge in [-0.3, -0.25) is 14.4 Å². The lowest BCUT2D eigenvalue weighted by atomic mass is 9.73. The molecule has 1 fully saturated rings. The Kier molecular flexibility index (Phi) is 4.73. The van der Waals surface area contributed by atoms with Gasteiger partial charge >= 0.3 is 12.1 Å². The summed E-state index contributed by atoms with van der Waals surface area (Å²) in [6.07, 6.45) is -3.73. The highest BCUT2D eigenvalue weighted by molar-refractivity contribution is 5.89. The van der Waals surface area contributed by atoms with Gasteiger partial charge in [-0.1, -0.05) is 0 Å². The molecule has 1 aliphatic carbocycles. The van der Waals surface area contributed by atoms with E-state index in [1.807, 2.05) is 0 Å². The highest BCUT2D eigenvalue weighted by Crippen LogP contribution is 2.34. The molecule has 0 aliphatic heterocycles. The molecule has 0 bridgehead atoms. The van der Waals surface area contributed by atoms with E-state index in [9.17, 15) is 27.6 Å². The zero-order valence-corrected chi connectivity index (χ0v) is 9.79. The number of amides is 2. The number of alkyl halides is 3. The Hall–Kier alpha value is -1.80. The molecule has 0 saturated heterocycles. The molecule has 0 spiro atoms. The minimum atomic E-state index is -4.51. The van der Waals surface area contributed by atoms with E-state index in [1.54, 1.807) is 5.32 Å². The first-order valence-corrected chi connectivity index (χ1v) is 5.54. The van der Waals surface area contributed by atoms with Gasteiger partial charge in [0.1, 0.15) is 6.54 Å². The molecule has 9 heteroatoms. The fraction of sp³-hybridized carbons (Fsp3) is 0.700. The van der Waals surface area contributed by atoms with Crippen molar-refractivity contribution < 1.29 is 32.7 Å². The Morgan fingerprint density at radius 2 is 1.68 bits per heavy atom. The molecule has 0 radical (unpaired) electrons. The Morgan fingerprint density at radius 1 is 1.11 bits per heavy atom. The van der Waals surface area contributed by atoms with Gasteiger partial charge in [-0.15, -0.1) is 0 Å². The number of aliphatic carboxylic acids is 1. The third kappa shape index (κ3) is 4.76. The van der Waals surface area contributed by atoms with Crippen LogP contribution in [0.2, 0.25) is 0 Å². The minimum Gasteiger partial charge on any atom is -0.481 e. The molecule has 0 aromatic carbocycles. The van der Waals surface area contributed by atoms with Crippen LogP contribution in [0.15, 0.2) is 0 Å². The molecule has 1 aliphatic rings. The number of hydrogen-bond acceptors (Lipinski definition) is 3. The summed E-state index contributed by atoms with van der Waals surface area (Å²) < 4.78 is 35.3. The molecule has 108 valence electrons. The van der Waals surface area contributed by atoms with Crippen molar-refractivity contribution in [3.8, 4) is 0 Å². The predicted molar refractivity (Wildman–Crippen MR) is 55.9 cm³/mol. The van der Waals surface area contributed by atoms with Crippen LogP contribution >= 0.6 is 0 Å². The zero-order chi connectivity index (χ0) is 14.6. The summed E-state index contributed by atoms with van der Waals surface area (Å²) >= 11 is 0. The highest BCUT2D eigenvalue weighted by Gasteiger charge is 2.41. The summed E-state index contributed by atoms with van der Waals surface area (Å²) in [5.41, 5.74) is 0. The lowest BCUT2D eigenvalue weighted by Crippen LogP contribution is -2.47. The monoisotopic (exact) mass is 282 g/mol. The number of rotatable bonds is 5. The second-order valence-electron chi connectivity index (χ2n) is 4.24. The van der Waals surface area contributed by atoms with Gasteiger partial charge in [0.25, 0.3) is 0 Å². The standard InChI is InChI=1S/C10H13F3N2O4/c11-10(12,13)4-15-7(16)3-14-8(17)5-1-2-6(5)9(18)19/h5-6H,1-4H2,(H,14,17)(H,15,16)(H,18,19). The normalized spacial score (nSPS) is 22.3. The summed E-state index contributed by atoms with van der Waals surface area (Å²) in [6.45, 7) is -2.07. The van der Waals surface area contributed by atoms with Gasteiger partial charge in [0.15, 0.2) is 0 Å². The zero-order valence-electron chi connectivity index (χ0n) is 9.79. The van der Waals surface area contributed by atoms with Gasteiger partial charge in [-0.25, -0.2) is 0 Å². The van der Waals surface area contributed by atoms with E-state index >= 15 is 0 Å². The van der Waals surface area contributed by atoms with Crippen molar-refractivity contribution in [2.45, 2.75) is 19.0 Å². The lowest BCUT2D eigenvalue weighted by Gasteiger charge is -2.31. The Balaban J connectivity index is 2.27. The van der Waals surface area contributed by atoms with E-state index in [1.165, 1.54) is 0 Å². The number of hydrogen-bond donors (Lipinski definition) is 3. The molecule has 2 unspecified atom stereocenters. The van der Waals surface area contributed by atoms with Gasteiger partial charge < -0.3 is 15.7 Å². The molecular weight excluding hydrogens is 269 g/mol. The van der Waals surface area contributed by atoms with Gasteiger partial charge in [0.2, 0.25) is 11.8 Å². The quantitative estimate of drug-likeness (QED) is 0.655. The maximum Gasteiger partial charge on any atom is 0.405 e. The summed E-state index contributed by atoms with van der Waals surface area (Å²) in [4.78, 5) is 33.1. The molecule has 2 atom stereocenters. The van der Waals surface area contributed by atoms with Crippen LogP contribution in [0.5, 0.6) is 0 Å². The smallest absolute Gasteiger partial charge is 0.405 e. The fourth-order valence-corrected chi connectivity index (χ4v) is 1.67. The summed E-state index contributed by atoms with van der Waals surface area (Å²) in [7, 11) is 0. The molecule has 3 N–H and O–H groups in total. The van der Waals surface area contributed by atoms with Crippen LogP contribution in [0, 0.1) is 11.8 Å². The summed E-state index contributed by atoms with van der Waals surface area (Å²) in [5.74, 6) is -4.18. The molecule has 6 nitrogen and oxygen atoms in total. The second-order valence-corrected chi connectivity index (χ2v) is 4.24. The van der Waals surface area contributed by atoms with Crippen LogP contribution in [-0.4, -0.2) is 42.2 Å². The highest BCUT2D eigenvalue weighted by atomic mass is 19.4. The number of carboxylic acids is 1. The topological polar surface area (TPSA) is 95.5 Å². The van der Waals surface area contributed by atoms with E-state index in [0.29, 0.717) is 12.8 Å². The van der Waals surface area contributed by atoms with E-state index in [0.717, 1.165) is 0 Å². The maximum absolute atomic E-state index is 11.8. The van der Waals surface area contributed by atoms with Gasteiger partial charge in [-0.05, 0) is 12.8 Å². The molecule has 0 aromatic rings. The van der Waals surface area contributed by atoms with E-state index in [2.05, 4.69) is 5.32 Å². The minimum absolute atomic E-state index is 0.383. The first-order chi connectivity index (χ1) is 8.70. The van der Waals surface area contributed by atoms with Crippen molar-refractivity contribution >= 4 is 17.8 Å². The van der Waals surface area contributed by atoms with Crippen LogP contribution in [-0.2, 0) is 14.4 Å². The Bertz CT molecular complexity index is 383. The van der Waals surface area contributed by atoms with Crippen molar-refractivity contribution in [1.82, 2.24) is 10.6 Å². The lowest BCUT2D eigenvalue weighted by molar-refractivity contribution is -0.152. The summed E-state index contributed by atoms with van der Waals surface area (Å²) in [5, 5.41) is 12.4. The predicted octanol–water partition coefficient (Wildman–Crippen LogP) is -0.108. The Labute approximate surface area is 106 Å². The number of carboxylic acid groups (broad SMARTS) is 1. The van der Waals surface area contributed by atoms with Gasteiger partial charge in [-0.2, -0.15) is 13.2 Å². The van der Waals surface area contributed by atoms with Gasteiger partial charge in [0.05, 0.1) is 18.4 Å². The third-order valence-electron chi connectivity index (χ3n) is 2.84. The van der Waals surface area contributed by atoms with E-state index < -0.39 is 48.9 Å². The van der Waals surface area contributed by atoms with Crippen molar-refractivity contribution in [3.63, 3.8) is 0 Å². The fourth-order valence-electron chi connectivity index (χ4n) is 1.67. The average molecular weight is 282 g/mol. The maximum atomic E-state index is 11.8. The van der Waals surface area contributed by atoms with Crippen molar-refractivity contribution in [2.24, 2.45) is 11.8 Å². The molecule has 0 aromatic heterocycles. The van der Waals surface area contributed by atoms with Crippen LogP contribution in [0.4, 0.5) is 13.2 Å². The molecule has 19 heavy (non-hydrogen) atoms. The van der Waals surface area contributed by atoms with Gasteiger partial charge in [0, 0.05) is 0 Å². The van der Waals surface area contributed by atoms with Crippen molar-refractivity contribution in [3.05, 3.63) is 0 Å². The molecule has 1 saturated carbocycles. The van der Waals surface area contributed by atoms with E-state index in [4.69, 9.17) is 5.11 Å². The second kappa shape index (κ2) is 5.89. The SMILES string of the molecule is O=C(CNC(=O)C1CCC1C(=O)O)NCC(F)(F)F. The van der Waals surface area contributed by atoms with Crippen LogP contribution in [0.3, 0.4) is 0 Å². The van der Waals surface area contributed by atoms with Crippen LogP contribution < -0.4 is 10.6 Å². The Morgan fingerprint density at radius 3 is 2.11 bits per heavy atom. The molecule has 0 heterocycles.